The fourth-order valence-corrected chi connectivity index (χ4v) is 3.61. The number of ether oxygens (including phenoxy) is 1. The first-order valence-electron chi connectivity index (χ1n) is 8.16. The number of thiazole rings is 1. The molecule has 0 saturated carbocycles. The maximum atomic E-state index is 12.2. The predicted molar refractivity (Wildman–Crippen MR) is 94.1 cm³/mol. The Hall–Kier alpha value is -1.99. The van der Waals surface area contributed by atoms with Gasteiger partial charge in [-0.3, -0.25) is 4.98 Å². The maximum absolute atomic E-state index is 12.2. The summed E-state index contributed by atoms with van der Waals surface area (Å²) in [7, 11) is 1.73. The lowest BCUT2D eigenvalue weighted by Crippen LogP contribution is -2.46. The smallest absolute Gasteiger partial charge is 0.317 e. The van der Waals surface area contributed by atoms with Gasteiger partial charge < -0.3 is 15.0 Å². The van der Waals surface area contributed by atoms with Crippen LogP contribution in [0.15, 0.2) is 29.9 Å². The van der Waals surface area contributed by atoms with Gasteiger partial charge in [0.05, 0.1) is 11.8 Å². The van der Waals surface area contributed by atoms with Crippen molar-refractivity contribution in [3.63, 3.8) is 0 Å². The van der Waals surface area contributed by atoms with Crippen LogP contribution in [0, 0.1) is 0 Å². The summed E-state index contributed by atoms with van der Waals surface area (Å²) in [6.45, 7) is 2.11. The lowest BCUT2D eigenvalue weighted by atomic mass is 10.1. The third-order valence-corrected chi connectivity index (χ3v) is 5.14. The van der Waals surface area contributed by atoms with E-state index in [9.17, 15) is 4.79 Å². The summed E-state index contributed by atoms with van der Waals surface area (Å²) in [5.41, 5.74) is 2.08. The van der Waals surface area contributed by atoms with Crippen molar-refractivity contribution in [3.05, 3.63) is 35.6 Å². The highest BCUT2D eigenvalue weighted by atomic mass is 32.1. The summed E-state index contributed by atoms with van der Waals surface area (Å²) in [5, 5.41) is 6.02. The van der Waals surface area contributed by atoms with E-state index in [1.54, 1.807) is 30.8 Å². The Kier molecular flexibility index (Phi) is 5.77. The van der Waals surface area contributed by atoms with Crippen LogP contribution in [0.5, 0.6) is 0 Å². The second-order valence-electron chi connectivity index (χ2n) is 5.78. The van der Waals surface area contributed by atoms with Crippen LogP contribution in [-0.2, 0) is 11.2 Å². The third-order valence-electron chi connectivity index (χ3n) is 4.20. The Balaban J connectivity index is 1.44. The van der Waals surface area contributed by atoms with E-state index in [1.165, 1.54) is 0 Å². The molecule has 2 amide bonds. The van der Waals surface area contributed by atoms with Crippen molar-refractivity contribution in [3.8, 4) is 10.6 Å². The topological polar surface area (TPSA) is 67.3 Å². The number of urea groups is 1. The molecular weight excluding hydrogens is 324 g/mol. The highest BCUT2D eigenvalue weighted by Gasteiger charge is 2.22. The van der Waals surface area contributed by atoms with Crippen LogP contribution in [0.25, 0.3) is 10.6 Å². The molecule has 0 radical (unpaired) electrons. The second-order valence-corrected chi connectivity index (χ2v) is 6.64. The molecule has 1 N–H and O–H groups in total. The van der Waals surface area contributed by atoms with Crippen LogP contribution < -0.4 is 5.32 Å². The summed E-state index contributed by atoms with van der Waals surface area (Å²) in [6.07, 6.45) is 6.38. The van der Waals surface area contributed by atoms with Gasteiger partial charge in [-0.05, 0) is 25.0 Å². The number of carbonyl (C=O) groups is 1. The zero-order valence-corrected chi connectivity index (χ0v) is 14.6. The van der Waals surface area contributed by atoms with E-state index in [0.29, 0.717) is 6.54 Å². The van der Waals surface area contributed by atoms with Crippen molar-refractivity contribution in [2.24, 2.45) is 0 Å². The van der Waals surface area contributed by atoms with E-state index in [4.69, 9.17) is 4.74 Å². The average molecular weight is 346 g/mol. The SMILES string of the molecule is COC1CCN(C(=O)NCCc2csc(-c3ccncc3)n2)CC1. The largest absolute Gasteiger partial charge is 0.381 e. The van der Waals surface area contributed by atoms with E-state index in [-0.39, 0.29) is 12.1 Å². The van der Waals surface area contributed by atoms with Crippen LogP contribution in [-0.4, -0.2) is 53.7 Å². The summed E-state index contributed by atoms with van der Waals surface area (Å²) in [5.74, 6) is 0. The van der Waals surface area contributed by atoms with Crippen molar-refractivity contribution >= 4 is 17.4 Å². The Morgan fingerprint density at radius 3 is 2.83 bits per heavy atom. The molecule has 2 aromatic rings. The van der Waals surface area contributed by atoms with Gasteiger partial charge in [-0.2, -0.15) is 0 Å². The number of nitrogens with one attached hydrogen (secondary N) is 1. The molecular formula is C17H22N4O2S. The molecule has 3 heterocycles. The number of methoxy groups -OCH3 is 1. The molecule has 0 aromatic carbocycles. The van der Waals surface area contributed by atoms with Crippen LogP contribution >= 0.6 is 11.3 Å². The minimum absolute atomic E-state index is 0.00846. The number of hydrogen-bond donors (Lipinski definition) is 1. The minimum Gasteiger partial charge on any atom is -0.381 e. The first kappa shape index (κ1) is 16.9. The van der Waals surface area contributed by atoms with E-state index in [1.807, 2.05) is 22.4 Å². The zero-order chi connectivity index (χ0) is 16.8. The predicted octanol–water partition coefficient (Wildman–Crippen LogP) is 2.57. The third kappa shape index (κ3) is 4.30. The number of aromatic nitrogens is 2. The molecule has 0 bridgehead atoms. The maximum Gasteiger partial charge on any atom is 0.317 e. The fourth-order valence-electron chi connectivity index (χ4n) is 2.75. The van der Waals surface area contributed by atoms with Gasteiger partial charge in [0.2, 0.25) is 0 Å². The quantitative estimate of drug-likeness (QED) is 0.903. The van der Waals surface area contributed by atoms with Crippen molar-refractivity contribution in [1.29, 1.82) is 0 Å². The molecule has 0 unspecified atom stereocenters. The summed E-state index contributed by atoms with van der Waals surface area (Å²) in [6, 6.07) is 3.91. The summed E-state index contributed by atoms with van der Waals surface area (Å²) >= 11 is 1.62. The monoisotopic (exact) mass is 346 g/mol. The van der Waals surface area contributed by atoms with Crippen molar-refractivity contribution in [2.75, 3.05) is 26.7 Å². The number of likely N-dealkylation sites (tertiary alicyclic amines) is 1. The molecule has 1 fully saturated rings. The molecule has 128 valence electrons. The number of amides is 2. The fraction of sp³-hybridized carbons (Fsp3) is 0.471. The van der Waals surface area contributed by atoms with Crippen LogP contribution in [0.2, 0.25) is 0 Å². The second kappa shape index (κ2) is 8.21. The number of hydrogen-bond acceptors (Lipinski definition) is 5. The Morgan fingerprint density at radius 1 is 1.38 bits per heavy atom. The number of pyridine rings is 1. The van der Waals surface area contributed by atoms with Crippen LogP contribution in [0.4, 0.5) is 4.79 Å². The Morgan fingerprint density at radius 2 is 2.12 bits per heavy atom. The molecule has 1 saturated heterocycles. The average Bonchev–Trinajstić information content (AvgIpc) is 3.11. The molecule has 0 aliphatic carbocycles. The summed E-state index contributed by atoms with van der Waals surface area (Å²) in [4.78, 5) is 22.7. The van der Waals surface area contributed by atoms with Gasteiger partial charge in [-0.1, -0.05) is 0 Å². The molecule has 0 spiro atoms. The molecule has 1 aliphatic rings. The number of piperidine rings is 1. The molecule has 3 rings (SSSR count). The standard InChI is InChI=1S/C17H22N4O2S/c1-23-15-5-10-21(11-6-15)17(22)19-9-4-14-12-24-16(20-14)13-2-7-18-8-3-13/h2-3,7-8,12,15H,4-6,9-11H2,1H3,(H,19,22). The lowest BCUT2D eigenvalue weighted by molar-refractivity contribution is 0.0504. The van der Waals surface area contributed by atoms with Gasteiger partial charge >= 0.3 is 6.03 Å². The molecule has 2 aromatic heterocycles. The number of carbonyl (C=O) groups excluding carboxylic acids is 1. The first-order valence-corrected chi connectivity index (χ1v) is 9.04. The first-order chi connectivity index (χ1) is 11.8. The molecule has 6 nitrogen and oxygen atoms in total. The van der Waals surface area contributed by atoms with Gasteiger partial charge in [0, 0.05) is 56.5 Å². The van der Waals surface area contributed by atoms with Gasteiger partial charge in [-0.25, -0.2) is 9.78 Å². The Labute approximate surface area is 145 Å². The molecule has 24 heavy (non-hydrogen) atoms. The lowest BCUT2D eigenvalue weighted by Gasteiger charge is -2.31. The molecule has 1 aliphatic heterocycles. The van der Waals surface area contributed by atoms with Gasteiger partial charge in [0.1, 0.15) is 5.01 Å². The van der Waals surface area contributed by atoms with Crippen molar-refractivity contribution in [1.82, 2.24) is 20.2 Å². The highest BCUT2D eigenvalue weighted by Crippen LogP contribution is 2.22. The van der Waals surface area contributed by atoms with Gasteiger partial charge in [-0.15, -0.1) is 11.3 Å². The normalized spacial score (nSPS) is 15.5. The number of rotatable bonds is 5. The van der Waals surface area contributed by atoms with E-state index < -0.39 is 0 Å². The van der Waals surface area contributed by atoms with Crippen LogP contribution in [0.3, 0.4) is 0 Å². The minimum atomic E-state index is 0.00846. The molecule has 0 atom stereocenters. The van der Waals surface area contributed by atoms with E-state index in [0.717, 1.165) is 48.6 Å². The van der Waals surface area contributed by atoms with Gasteiger partial charge in [0.15, 0.2) is 0 Å². The summed E-state index contributed by atoms with van der Waals surface area (Å²) < 4.78 is 5.33. The van der Waals surface area contributed by atoms with E-state index >= 15 is 0 Å². The van der Waals surface area contributed by atoms with E-state index in [2.05, 4.69) is 15.3 Å². The highest BCUT2D eigenvalue weighted by molar-refractivity contribution is 7.13. The van der Waals surface area contributed by atoms with Crippen molar-refractivity contribution < 1.29 is 9.53 Å². The van der Waals surface area contributed by atoms with Crippen LogP contribution in [0.1, 0.15) is 18.5 Å². The molecule has 7 heteroatoms. The van der Waals surface area contributed by atoms with Crippen molar-refractivity contribution in [2.45, 2.75) is 25.4 Å². The Bertz CT molecular complexity index is 654. The van der Waals surface area contributed by atoms with Gasteiger partial charge in [0.25, 0.3) is 0 Å². The number of nitrogens with zero attached hydrogens (tertiary/aromatic N) is 3. The zero-order valence-electron chi connectivity index (χ0n) is 13.8.